The SMILES string of the molecule is CCc1ccc(NC(=O)NCc2nc(N(C)C)nc(N(C)C)n2)cc1. The Balaban J connectivity index is 2.00. The summed E-state index contributed by atoms with van der Waals surface area (Å²) >= 11 is 0. The predicted octanol–water partition coefficient (Wildman–Crippen LogP) is 1.89. The molecule has 1 aromatic heterocycles. The van der Waals surface area contributed by atoms with E-state index >= 15 is 0 Å². The van der Waals surface area contributed by atoms with Gasteiger partial charge in [-0.15, -0.1) is 0 Å². The molecule has 0 fully saturated rings. The van der Waals surface area contributed by atoms with Crippen LogP contribution in [0.2, 0.25) is 0 Å². The van der Waals surface area contributed by atoms with Gasteiger partial charge in [0.15, 0.2) is 5.82 Å². The highest BCUT2D eigenvalue weighted by atomic mass is 16.2. The van der Waals surface area contributed by atoms with Crippen LogP contribution in [0.1, 0.15) is 18.3 Å². The molecule has 0 radical (unpaired) electrons. The van der Waals surface area contributed by atoms with Gasteiger partial charge in [0.1, 0.15) is 0 Å². The molecular formula is C17H25N7O. The van der Waals surface area contributed by atoms with Crippen LogP contribution in [0.25, 0.3) is 0 Å². The summed E-state index contributed by atoms with van der Waals surface area (Å²) in [6.07, 6.45) is 0.967. The Bertz CT molecular complexity index is 687. The fourth-order valence-electron chi connectivity index (χ4n) is 2.03. The van der Waals surface area contributed by atoms with E-state index in [2.05, 4.69) is 32.5 Å². The topological polar surface area (TPSA) is 86.3 Å². The predicted molar refractivity (Wildman–Crippen MR) is 100 cm³/mol. The molecule has 0 atom stereocenters. The molecule has 2 N–H and O–H groups in total. The molecule has 8 heteroatoms. The van der Waals surface area contributed by atoms with Crippen molar-refractivity contribution in [2.45, 2.75) is 19.9 Å². The highest BCUT2D eigenvalue weighted by Gasteiger charge is 2.10. The van der Waals surface area contributed by atoms with Crippen LogP contribution < -0.4 is 20.4 Å². The van der Waals surface area contributed by atoms with Crippen molar-refractivity contribution in [2.75, 3.05) is 43.3 Å². The zero-order valence-corrected chi connectivity index (χ0v) is 15.4. The summed E-state index contributed by atoms with van der Waals surface area (Å²) in [7, 11) is 7.44. The molecule has 25 heavy (non-hydrogen) atoms. The summed E-state index contributed by atoms with van der Waals surface area (Å²) in [5.74, 6) is 1.59. The van der Waals surface area contributed by atoms with E-state index in [0.717, 1.165) is 12.1 Å². The van der Waals surface area contributed by atoms with Crippen LogP contribution in [-0.2, 0) is 13.0 Å². The quantitative estimate of drug-likeness (QED) is 0.833. The first-order chi connectivity index (χ1) is 11.9. The van der Waals surface area contributed by atoms with Crippen molar-refractivity contribution >= 4 is 23.6 Å². The number of carbonyl (C=O) groups excluding carboxylic acids is 1. The van der Waals surface area contributed by atoms with Crippen molar-refractivity contribution in [3.63, 3.8) is 0 Å². The summed E-state index contributed by atoms with van der Waals surface area (Å²) in [5, 5.41) is 5.56. The number of nitrogens with one attached hydrogen (secondary N) is 2. The second-order valence-electron chi connectivity index (χ2n) is 6.00. The first kappa shape index (κ1) is 18.4. The zero-order valence-electron chi connectivity index (χ0n) is 15.4. The van der Waals surface area contributed by atoms with Gasteiger partial charge in [0.25, 0.3) is 0 Å². The molecule has 0 unspecified atom stereocenters. The Morgan fingerprint density at radius 2 is 1.52 bits per heavy atom. The van der Waals surface area contributed by atoms with Gasteiger partial charge >= 0.3 is 6.03 Å². The van der Waals surface area contributed by atoms with Gasteiger partial charge in [-0.2, -0.15) is 15.0 Å². The number of nitrogens with zero attached hydrogens (tertiary/aromatic N) is 5. The summed E-state index contributed by atoms with van der Waals surface area (Å²) < 4.78 is 0. The van der Waals surface area contributed by atoms with Crippen LogP contribution in [0, 0.1) is 0 Å². The Morgan fingerprint density at radius 1 is 0.960 bits per heavy atom. The molecule has 0 spiro atoms. The molecule has 2 amide bonds. The monoisotopic (exact) mass is 343 g/mol. The summed E-state index contributed by atoms with van der Waals surface area (Å²) in [4.78, 5) is 28.7. The molecule has 0 aliphatic rings. The average molecular weight is 343 g/mol. The van der Waals surface area contributed by atoms with Gasteiger partial charge in [-0.25, -0.2) is 4.79 Å². The number of urea groups is 1. The van der Waals surface area contributed by atoms with Gasteiger partial charge in [-0.3, -0.25) is 0 Å². The van der Waals surface area contributed by atoms with E-state index in [9.17, 15) is 4.79 Å². The van der Waals surface area contributed by atoms with E-state index in [0.29, 0.717) is 17.7 Å². The highest BCUT2D eigenvalue weighted by Crippen LogP contribution is 2.11. The van der Waals surface area contributed by atoms with Crippen molar-refractivity contribution < 1.29 is 4.79 Å². The van der Waals surface area contributed by atoms with Gasteiger partial charge in [0.05, 0.1) is 6.54 Å². The number of anilines is 3. The van der Waals surface area contributed by atoms with Gasteiger partial charge < -0.3 is 20.4 Å². The van der Waals surface area contributed by atoms with Crippen molar-refractivity contribution in [2.24, 2.45) is 0 Å². The minimum absolute atomic E-state index is 0.211. The molecule has 0 saturated heterocycles. The fourth-order valence-corrected chi connectivity index (χ4v) is 2.03. The lowest BCUT2D eigenvalue weighted by molar-refractivity contribution is 0.251. The van der Waals surface area contributed by atoms with Crippen molar-refractivity contribution in [1.82, 2.24) is 20.3 Å². The summed E-state index contributed by atoms with van der Waals surface area (Å²) in [6, 6.07) is 7.45. The van der Waals surface area contributed by atoms with E-state index in [-0.39, 0.29) is 12.6 Å². The lowest BCUT2D eigenvalue weighted by atomic mass is 10.1. The molecule has 0 saturated carbocycles. The Hall–Kier alpha value is -2.90. The Labute approximate surface area is 148 Å². The third kappa shape index (κ3) is 5.30. The molecule has 1 aromatic carbocycles. The van der Waals surface area contributed by atoms with E-state index in [1.54, 1.807) is 9.80 Å². The maximum atomic E-state index is 12.1. The summed E-state index contributed by atoms with van der Waals surface area (Å²) in [6.45, 7) is 2.30. The number of rotatable bonds is 6. The second kappa shape index (κ2) is 8.27. The maximum Gasteiger partial charge on any atom is 0.319 e. The van der Waals surface area contributed by atoms with Gasteiger partial charge in [-0.05, 0) is 24.1 Å². The summed E-state index contributed by atoms with van der Waals surface area (Å²) in [5.41, 5.74) is 1.97. The van der Waals surface area contributed by atoms with Crippen LogP contribution in [0.4, 0.5) is 22.4 Å². The van der Waals surface area contributed by atoms with Crippen LogP contribution in [0.5, 0.6) is 0 Å². The standard InChI is InChI=1S/C17H25N7O/c1-6-12-7-9-13(10-8-12)19-17(25)18-11-14-20-15(23(2)3)22-16(21-14)24(4)5/h7-10H,6,11H2,1-5H3,(H2,18,19,25). The van der Waals surface area contributed by atoms with E-state index in [1.165, 1.54) is 5.56 Å². The molecule has 0 aliphatic heterocycles. The number of aromatic nitrogens is 3. The van der Waals surface area contributed by atoms with Crippen LogP contribution in [0.3, 0.4) is 0 Å². The van der Waals surface area contributed by atoms with Gasteiger partial charge in [-0.1, -0.05) is 19.1 Å². The average Bonchev–Trinajstić information content (AvgIpc) is 2.60. The largest absolute Gasteiger partial charge is 0.347 e. The van der Waals surface area contributed by atoms with Gasteiger partial charge in [0.2, 0.25) is 11.9 Å². The number of hydrogen-bond acceptors (Lipinski definition) is 6. The fraction of sp³-hybridized carbons (Fsp3) is 0.412. The molecular weight excluding hydrogens is 318 g/mol. The molecule has 134 valence electrons. The van der Waals surface area contributed by atoms with Crippen molar-refractivity contribution in [3.05, 3.63) is 35.7 Å². The second-order valence-corrected chi connectivity index (χ2v) is 6.00. The number of benzene rings is 1. The molecule has 8 nitrogen and oxygen atoms in total. The Kier molecular flexibility index (Phi) is 6.10. The van der Waals surface area contributed by atoms with Gasteiger partial charge in [0, 0.05) is 33.9 Å². The van der Waals surface area contributed by atoms with Crippen LogP contribution in [-0.4, -0.2) is 49.2 Å². The number of amides is 2. The van der Waals surface area contributed by atoms with E-state index in [1.807, 2.05) is 52.5 Å². The minimum atomic E-state index is -0.303. The normalized spacial score (nSPS) is 10.3. The highest BCUT2D eigenvalue weighted by molar-refractivity contribution is 5.89. The number of hydrogen-bond donors (Lipinski definition) is 2. The van der Waals surface area contributed by atoms with Crippen LogP contribution >= 0.6 is 0 Å². The number of aryl methyl sites for hydroxylation is 1. The van der Waals surface area contributed by atoms with Crippen molar-refractivity contribution in [1.29, 1.82) is 0 Å². The first-order valence-corrected chi connectivity index (χ1v) is 8.12. The smallest absolute Gasteiger partial charge is 0.319 e. The van der Waals surface area contributed by atoms with Crippen molar-refractivity contribution in [3.8, 4) is 0 Å². The lowest BCUT2D eigenvalue weighted by Crippen LogP contribution is -2.30. The molecule has 0 bridgehead atoms. The number of carbonyl (C=O) groups is 1. The minimum Gasteiger partial charge on any atom is -0.347 e. The lowest BCUT2D eigenvalue weighted by Gasteiger charge is -2.16. The zero-order chi connectivity index (χ0) is 18.4. The molecule has 0 aliphatic carbocycles. The third-order valence-corrected chi connectivity index (χ3v) is 3.49. The van der Waals surface area contributed by atoms with Crippen LogP contribution in [0.15, 0.2) is 24.3 Å². The maximum absolute atomic E-state index is 12.1. The molecule has 2 aromatic rings. The van der Waals surface area contributed by atoms with E-state index < -0.39 is 0 Å². The Morgan fingerprint density at radius 3 is 2.00 bits per heavy atom. The molecule has 1 heterocycles. The first-order valence-electron chi connectivity index (χ1n) is 8.12. The third-order valence-electron chi connectivity index (χ3n) is 3.49. The molecule has 2 rings (SSSR count). The van der Waals surface area contributed by atoms with E-state index in [4.69, 9.17) is 0 Å².